The van der Waals surface area contributed by atoms with Crippen LogP contribution < -0.4 is 0 Å². The Labute approximate surface area is 196 Å². The number of carbonyl (C=O) groups is 1. The Morgan fingerprint density at radius 2 is 1.91 bits per heavy atom. The summed E-state index contributed by atoms with van der Waals surface area (Å²) in [6.45, 7) is 12.0. The van der Waals surface area contributed by atoms with E-state index in [0.717, 1.165) is 48.9 Å². The minimum Gasteiger partial charge on any atom is -0.466 e. The molecular formula is C29H48O3. The minimum absolute atomic E-state index is 0.104. The molecule has 0 saturated heterocycles. The maximum atomic E-state index is 11.0. The highest BCUT2D eigenvalue weighted by Gasteiger charge is 2.59. The summed E-state index contributed by atoms with van der Waals surface area (Å²) >= 11 is 0. The van der Waals surface area contributed by atoms with Crippen LogP contribution in [0.4, 0.5) is 0 Å². The van der Waals surface area contributed by atoms with Gasteiger partial charge in [-0.15, -0.1) is 0 Å². The molecule has 0 aromatic heterocycles. The van der Waals surface area contributed by atoms with Crippen LogP contribution in [0, 0.1) is 46.3 Å². The zero-order valence-corrected chi connectivity index (χ0v) is 21.4. The van der Waals surface area contributed by atoms with Crippen molar-refractivity contribution in [3.05, 3.63) is 11.6 Å². The first-order valence-electron chi connectivity index (χ1n) is 13.7. The molecule has 0 aromatic rings. The molecular weight excluding hydrogens is 396 g/mol. The lowest BCUT2D eigenvalue weighted by molar-refractivity contribution is -0.142. The van der Waals surface area contributed by atoms with Crippen molar-refractivity contribution in [3.63, 3.8) is 0 Å². The fourth-order valence-corrected chi connectivity index (χ4v) is 8.95. The molecule has 0 heterocycles. The molecule has 1 unspecified atom stereocenters. The Morgan fingerprint density at radius 1 is 1.12 bits per heavy atom. The van der Waals surface area contributed by atoms with Gasteiger partial charge in [-0.05, 0) is 104 Å². The quantitative estimate of drug-likeness (QED) is 0.342. The second-order valence-electron chi connectivity index (χ2n) is 12.7. The van der Waals surface area contributed by atoms with Gasteiger partial charge >= 0.3 is 5.97 Å². The molecule has 1 N–H and O–H groups in total. The van der Waals surface area contributed by atoms with Gasteiger partial charge in [-0.3, -0.25) is 4.79 Å². The van der Waals surface area contributed by atoms with Crippen molar-refractivity contribution >= 4 is 5.97 Å². The lowest BCUT2D eigenvalue weighted by Gasteiger charge is -2.58. The van der Waals surface area contributed by atoms with E-state index in [2.05, 4.69) is 33.8 Å². The summed E-state index contributed by atoms with van der Waals surface area (Å²) in [5.74, 6) is 4.54. The smallest absolute Gasteiger partial charge is 0.302 e. The molecule has 0 aromatic carbocycles. The maximum absolute atomic E-state index is 11.0. The molecule has 9 atom stereocenters. The van der Waals surface area contributed by atoms with Gasteiger partial charge < -0.3 is 9.84 Å². The summed E-state index contributed by atoms with van der Waals surface area (Å²) < 4.78 is 5.19. The van der Waals surface area contributed by atoms with Crippen molar-refractivity contribution in [1.29, 1.82) is 0 Å². The number of rotatable bonds is 7. The van der Waals surface area contributed by atoms with Crippen molar-refractivity contribution in [1.82, 2.24) is 0 Å². The van der Waals surface area contributed by atoms with E-state index in [1.54, 1.807) is 5.57 Å². The molecule has 0 amide bonds. The predicted octanol–water partition coefficient (Wildman–Crippen LogP) is 6.93. The van der Waals surface area contributed by atoms with E-state index in [-0.39, 0.29) is 12.1 Å². The zero-order chi connectivity index (χ0) is 23.1. The Kier molecular flexibility index (Phi) is 7.16. The summed E-state index contributed by atoms with van der Waals surface area (Å²) in [5.41, 5.74) is 2.46. The highest BCUT2D eigenvalue weighted by Crippen LogP contribution is 2.67. The normalized spacial score (nSPS) is 42.8. The van der Waals surface area contributed by atoms with Crippen molar-refractivity contribution in [3.8, 4) is 0 Å². The first-order chi connectivity index (χ1) is 15.1. The second-order valence-corrected chi connectivity index (χ2v) is 12.7. The fraction of sp³-hybridized carbons (Fsp3) is 0.897. The van der Waals surface area contributed by atoms with Crippen LogP contribution in [0.25, 0.3) is 0 Å². The molecule has 0 spiro atoms. The number of ether oxygens (including phenoxy) is 1. The predicted molar refractivity (Wildman–Crippen MR) is 130 cm³/mol. The van der Waals surface area contributed by atoms with Crippen molar-refractivity contribution in [2.45, 2.75) is 111 Å². The number of carbonyl (C=O) groups excluding carboxylic acids is 1. The van der Waals surface area contributed by atoms with Gasteiger partial charge in [0.1, 0.15) is 0 Å². The standard InChI is InChI=1S/C29H48O3/c1-19(18-32-21(3)30)7-6-8-20(2)25-11-12-26-24-10-9-22-17-23(31)13-15-28(22,4)27(24)14-16-29(25,26)5/h9,19-20,23-27,31H,6-8,10-18H2,1-5H3/t19?,20-,23+,24+,25-,26+,27+,28+,29-/m1/s1. The molecule has 0 radical (unpaired) electrons. The lowest BCUT2D eigenvalue weighted by atomic mass is 9.47. The number of hydrogen-bond donors (Lipinski definition) is 1. The molecule has 4 aliphatic carbocycles. The summed E-state index contributed by atoms with van der Waals surface area (Å²) in [6.07, 6.45) is 16.2. The van der Waals surface area contributed by atoms with E-state index >= 15 is 0 Å². The van der Waals surface area contributed by atoms with Crippen LogP contribution in [-0.4, -0.2) is 23.8 Å². The van der Waals surface area contributed by atoms with Crippen LogP contribution in [0.2, 0.25) is 0 Å². The first-order valence-corrected chi connectivity index (χ1v) is 13.7. The van der Waals surface area contributed by atoms with Crippen LogP contribution in [0.5, 0.6) is 0 Å². The van der Waals surface area contributed by atoms with E-state index < -0.39 is 0 Å². The third-order valence-electron chi connectivity index (χ3n) is 10.8. The average molecular weight is 445 g/mol. The molecule has 182 valence electrons. The summed E-state index contributed by atoms with van der Waals surface area (Å²) in [7, 11) is 0. The van der Waals surface area contributed by atoms with Crippen LogP contribution >= 0.6 is 0 Å². The van der Waals surface area contributed by atoms with Crippen LogP contribution in [0.3, 0.4) is 0 Å². The maximum Gasteiger partial charge on any atom is 0.302 e. The van der Waals surface area contributed by atoms with Gasteiger partial charge in [0.25, 0.3) is 0 Å². The Hall–Kier alpha value is -0.830. The number of esters is 1. The van der Waals surface area contributed by atoms with Gasteiger partial charge in [0.15, 0.2) is 0 Å². The number of aliphatic hydroxyl groups excluding tert-OH is 1. The van der Waals surface area contributed by atoms with E-state index in [9.17, 15) is 9.90 Å². The second kappa shape index (κ2) is 9.43. The van der Waals surface area contributed by atoms with Gasteiger partial charge in [-0.2, -0.15) is 0 Å². The van der Waals surface area contributed by atoms with Crippen LogP contribution in [-0.2, 0) is 9.53 Å². The van der Waals surface area contributed by atoms with Gasteiger partial charge in [-0.25, -0.2) is 0 Å². The number of hydrogen-bond acceptors (Lipinski definition) is 3. The molecule has 3 nitrogen and oxygen atoms in total. The van der Waals surface area contributed by atoms with E-state index in [4.69, 9.17) is 4.74 Å². The highest BCUT2D eigenvalue weighted by molar-refractivity contribution is 5.65. The van der Waals surface area contributed by atoms with Gasteiger partial charge in [0, 0.05) is 6.92 Å². The molecule has 0 aliphatic heterocycles. The van der Waals surface area contributed by atoms with Crippen LogP contribution in [0.15, 0.2) is 11.6 Å². The third-order valence-corrected chi connectivity index (χ3v) is 10.8. The Balaban J connectivity index is 1.37. The average Bonchev–Trinajstić information content (AvgIpc) is 3.10. The van der Waals surface area contributed by atoms with E-state index in [1.165, 1.54) is 58.3 Å². The zero-order valence-electron chi connectivity index (χ0n) is 21.4. The minimum atomic E-state index is -0.159. The Morgan fingerprint density at radius 3 is 2.66 bits per heavy atom. The lowest BCUT2D eigenvalue weighted by Crippen LogP contribution is -2.50. The molecule has 32 heavy (non-hydrogen) atoms. The largest absolute Gasteiger partial charge is 0.466 e. The van der Waals surface area contributed by atoms with Crippen molar-refractivity contribution in [2.24, 2.45) is 46.3 Å². The van der Waals surface area contributed by atoms with Gasteiger partial charge in [0.05, 0.1) is 12.7 Å². The Bertz CT molecular complexity index is 713. The van der Waals surface area contributed by atoms with Gasteiger partial charge in [0.2, 0.25) is 0 Å². The highest BCUT2D eigenvalue weighted by atomic mass is 16.5. The molecule has 3 fully saturated rings. The summed E-state index contributed by atoms with van der Waals surface area (Å²) in [6, 6.07) is 0. The molecule has 0 bridgehead atoms. The molecule has 3 saturated carbocycles. The first kappa shape index (κ1) is 24.3. The van der Waals surface area contributed by atoms with Crippen molar-refractivity contribution < 1.29 is 14.6 Å². The molecule has 4 rings (SSSR count). The SMILES string of the molecule is CC(=O)OCC(C)CCC[C@@H](C)[C@H]1CC[C@H]2[C@@H]3CC=C4C[C@@H](O)CC[C@]4(C)[C@H]3CC[C@]12C. The number of allylic oxidation sites excluding steroid dienone is 1. The number of aliphatic hydroxyl groups is 1. The van der Waals surface area contributed by atoms with Gasteiger partial charge in [-0.1, -0.05) is 52.2 Å². The molecule has 4 aliphatic rings. The van der Waals surface area contributed by atoms with E-state index in [1.807, 2.05) is 0 Å². The topological polar surface area (TPSA) is 46.5 Å². The summed E-state index contributed by atoms with van der Waals surface area (Å²) in [5, 5.41) is 10.2. The molecule has 3 heteroatoms. The summed E-state index contributed by atoms with van der Waals surface area (Å²) in [4.78, 5) is 11.0. The fourth-order valence-electron chi connectivity index (χ4n) is 8.95. The van der Waals surface area contributed by atoms with Crippen LogP contribution in [0.1, 0.15) is 105 Å². The van der Waals surface area contributed by atoms with Crippen molar-refractivity contribution in [2.75, 3.05) is 6.61 Å². The number of fused-ring (bicyclic) bond motifs is 5. The monoisotopic (exact) mass is 444 g/mol. The van der Waals surface area contributed by atoms with E-state index in [0.29, 0.717) is 23.4 Å². The third kappa shape index (κ3) is 4.44.